The molecule has 2 amide bonds. The molecule has 0 aliphatic carbocycles. The van der Waals surface area contributed by atoms with Crippen LogP contribution in [0, 0.1) is 5.41 Å². The lowest BCUT2D eigenvalue weighted by atomic mass is 9.81. The van der Waals surface area contributed by atoms with E-state index in [1.807, 2.05) is 20.8 Å². The van der Waals surface area contributed by atoms with Gasteiger partial charge in [0.1, 0.15) is 6.04 Å². The number of hydrogen-bond acceptors (Lipinski definition) is 3. The highest BCUT2D eigenvalue weighted by atomic mass is 16.4. The van der Waals surface area contributed by atoms with Crippen LogP contribution in [-0.4, -0.2) is 33.8 Å². The Hall–Kier alpha value is -1.39. The van der Waals surface area contributed by atoms with Gasteiger partial charge in [0.05, 0.1) is 5.41 Å². The van der Waals surface area contributed by atoms with E-state index in [0.717, 1.165) is 11.3 Å². The van der Waals surface area contributed by atoms with Crippen molar-refractivity contribution in [1.29, 1.82) is 0 Å². The fourth-order valence-corrected chi connectivity index (χ4v) is 2.70. The van der Waals surface area contributed by atoms with Gasteiger partial charge < -0.3 is 5.11 Å². The molecule has 0 aromatic heterocycles. The van der Waals surface area contributed by atoms with E-state index in [-0.39, 0.29) is 18.2 Å². The van der Waals surface area contributed by atoms with Crippen LogP contribution < -0.4 is 0 Å². The largest absolute Gasteiger partial charge is 0.480 e. The van der Waals surface area contributed by atoms with E-state index in [1.165, 1.54) is 0 Å². The Kier molecular flexibility index (Phi) is 5.09. The number of carbonyl (C=O) groups excluding carboxylic acids is 2. The number of amides is 2. The van der Waals surface area contributed by atoms with E-state index in [1.54, 1.807) is 0 Å². The van der Waals surface area contributed by atoms with Crippen LogP contribution in [0.25, 0.3) is 0 Å². The summed E-state index contributed by atoms with van der Waals surface area (Å²) in [5.41, 5.74) is -0.684. The van der Waals surface area contributed by atoms with Crippen LogP contribution >= 0.6 is 0 Å². The maximum absolute atomic E-state index is 12.5. The van der Waals surface area contributed by atoms with Crippen molar-refractivity contribution < 1.29 is 19.5 Å². The van der Waals surface area contributed by atoms with Gasteiger partial charge in [0.25, 0.3) is 0 Å². The highest BCUT2D eigenvalue weighted by molar-refractivity contribution is 6.08. The van der Waals surface area contributed by atoms with E-state index in [2.05, 4.69) is 0 Å². The monoisotopic (exact) mass is 269 g/mol. The molecule has 1 fully saturated rings. The molecule has 0 aromatic carbocycles. The van der Waals surface area contributed by atoms with Crippen molar-refractivity contribution in [3.63, 3.8) is 0 Å². The Morgan fingerprint density at radius 1 is 1.32 bits per heavy atom. The smallest absolute Gasteiger partial charge is 0.326 e. The Labute approximate surface area is 114 Å². The average molecular weight is 269 g/mol. The molecule has 1 rings (SSSR count). The van der Waals surface area contributed by atoms with Gasteiger partial charge in [0.2, 0.25) is 11.8 Å². The van der Waals surface area contributed by atoms with Gasteiger partial charge in [-0.05, 0) is 19.3 Å². The molecule has 1 heterocycles. The summed E-state index contributed by atoms with van der Waals surface area (Å²) in [7, 11) is 0. The van der Waals surface area contributed by atoms with Crippen LogP contribution in [0.2, 0.25) is 0 Å². The second-order valence-corrected chi connectivity index (χ2v) is 5.23. The van der Waals surface area contributed by atoms with E-state index in [4.69, 9.17) is 0 Å². The third kappa shape index (κ3) is 2.80. The molecule has 0 radical (unpaired) electrons. The first kappa shape index (κ1) is 15.7. The van der Waals surface area contributed by atoms with Crippen molar-refractivity contribution >= 4 is 17.8 Å². The van der Waals surface area contributed by atoms with Crippen molar-refractivity contribution in [3.05, 3.63) is 0 Å². The zero-order valence-electron chi connectivity index (χ0n) is 11.9. The summed E-state index contributed by atoms with van der Waals surface area (Å²) in [6.45, 7) is 5.70. The number of nitrogens with zero attached hydrogens (tertiary/aromatic N) is 1. The SMILES string of the molecule is CCCCC(C(=O)O)N1C(=O)CC(CC)(CC)C1=O. The number of carbonyl (C=O) groups is 3. The van der Waals surface area contributed by atoms with Gasteiger partial charge in [-0.1, -0.05) is 33.6 Å². The van der Waals surface area contributed by atoms with Crippen LogP contribution in [0.4, 0.5) is 0 Å². The number of carboxylic acids is 1. The highest BCUT2D eigenvalue weighted by Crippen LogP contribution is 2.40. The summed E-state index contributed by atoms with van der Waals surface area (Å²) >= 11 is 0. The van der Waals surface area contributed by atoms with Gasteiger partial charge in [0, 0.05) is 6.42 Å². The number of hydrogen-bond donors (Lipinski definition) is 1. The average Bonchev–Trinajstić information content (AvgIpc) is 2.63. The standard InChI is InChI=1S/C14H23NO4/c1-4-7-8-10(12(17)18)15-11(16)9-14(5-2,6-3)13(15)19/h10H,4-9H2,1-3H3,(H,17,18). The zero-order chi connectivity index (χ0) is 14.6. The lowest BCUT2D eigenvalue weighted by molar-refractivity contribution is -0.156. The molecular formula is C14H23NO4. The molecule has 0 saturated carbocycles. The summed E-state index contributed by atoms with van der Waals surface area (Å²) in [5, 5.41) is 9.27. The Morgan fingerprint density at radius 2 is 1.89 bits per heavy atom. The minimum Gasteiger partial charge on any atom is -0.480 e. The van der Waals surface area contributed by atoms with Crippen molar-refractivity contribution in [1.82, 2.24) is 4.90 Å². The molecule has 1 atom stereocenters. The number of carboxylic acid groups (broad SMARTS) is 1. The van der Waals surface area contributed by atoms with Gasteiger partial charge in [0.15, 0.2) is 0 Å². The van der Waals surface area contributed by atoms with Crippen LogP contribution in [0.1, 0.15) is 59.3 Å². The predicted molar refractivity (Wildman–Crippen MR) is 70.4 cm³/mol. The molecule has 0 bridgehead atoms. The number of unbranched alkanes of at least 4 members (excludes halogenated alkanes) is 1. The molecule has 19 heavy (non-hydrogen) atoms. The van der Waals surface area contributed by atoms with Gasteiger partial charge in [-0.15, -0.1) is 0 Å². The quantitative estimate of drug-likeness (QED) is 0.719. The number of rotatable bonds is 7. The molecule has 1 aliphatic rings. The van der Waals surface area contributed by atoms with Crippen LogP contribution in [0.15, 0.2) is 0 Å². The summed E-state index contributed by atoms with van der Waals surface area (Å²) in [6.07, 6.45) is 3.17. The van der Waals surface area contributed by atoms with Crippen molar-refractivity contribution in [3.8, 4) is 0 Å². The molecular weight excluding hydrogens is 246 g/mol. The normalized spacial score (nSPS) is 19.8. The summed E-state index contributed by atoms with van der Waals surface area (Å²) in [5.74, 6) is -1.72. The van der Waals surface area contributed by atoms with E-state index in [9.17, 15) is 19.5 Å². The maximum Gasteiger partial charge on any atom is 0.326 e. The van der Waals surface area contributed by atoms with Crippen molar-refractivity contribution in [2.75, 3.05) is 0 Å². The molecule has 5 heteroatoms. The predicted octanol–water partition coefficient (Wildman–Crippen LogP) is 2.20. The number of imide groups is 1. The minimum atomic E-state index is -1.09. The molecule has 0 spiro atoms. The van der Waals surface area contributed by atoms with E-state index in [0.29, 0.717) is 25.7 Å². The lowest BCUT2D eigenvalue weighted by Crippen LogP contribution is -2.46. The van der Waals surface area contributed by atoms with Crippen LogP contribution in [0.5, 0.6) is 0 Å². The Bertz CT molecular complexity index is 374. The van der Waals surface area contributed by atoms with Gasteiger partial charge >= 0.3 is 5.97 Å². The fraction of sp³-hybridized carbons (Fsp3) is 0.786. The Morgan fingerprint density at radius 3 is 2.26 bits per heavy atom. The van der Waals surface area contributed by atoms with Gasteiger partial charge in [-0.2, -0.15) is 0 Å². The molecule has 0 aromatic rings. The van der Waals surface area contributed by atoms with Crippen molar-refractivity contribution in [2.45, 2.75) is 65.3 Å². The first-order valence-corrected chi connectivity index (χ1v) is 7.02. The summed E-state index contributed by atoms with van der Waals surface area (Å²) < 4.78 is 0. The number of likely N-dealkylation sites (tertiary alicyclic amines) is 1. The molecule has 1 unspecified atom stereocenters. The third-order valence-electron chi connectivity index (χ3n) is 4.21. The molecule has 1 saturated heterocycles. The van der Waals surface area contributed by atoms with E-state index < -0.39 is 17.4 Å². The van der Waals surface area contributed by atoms with Crippen LogP contribution in [0.3, 0.4) is 0 Å². The fourth-order valence-electron chi connectivity index (χ4n) is 2.70. The second kappa shape index (κ2) is 6.17. The van der Waals surface area contributed by atoms with Crippen molar-refractivity contribution in [2.24, 2.45) is 5.41 Å². The minimum absolute atomic E-state index is 0.148. The van der Waals surface area contributed by atoms with Gasteiger partial charge in [-0.25, -0.2) is 4.79 Å². The molecule has 1 N–H and O–H groups in total. The topological polar surface area (TPSA) is 74.7 Å². The Balaban J connectivity index is 3.01. The van der Waals surface area contributed by atoms with E-state index >= 15 is 0 Å². The van der Waals surface area contributed by atoms with Crippen LogP contribution in [-0.2, 0) is 14.4 Å². The first-order valence-electron chi connectivity index (χ1n) is 7.02. The summed E-state index contributed by atoms with van der Waals surface area (Å²) in [6, 6.07) is -1.00. The lowest BCUT2D eigenvalue weighted by Gasteiger charge is -2.27. The summed E-state index contributed by atoms with van der Waals surface area (Å²) in [4.78, 5) is 36.8. The highest BCUT2D eigenvalue weighted by Gasteiger charge is 2.52. The molecule has 108 valence electrons. The third-order valence-corrected chi connectivity index (χ3v) is 4.21. The first-order chi connectivity index (χ1) is 8.93. The van der Waals surface area contributed by atoms with Gasteiger partial charge in [-0.3, -0.25) is 14.5 Å². The number of aliphatic carboxylic acids is 1. The molecule has 5 nitrogen and oxygen atoms in total. The zero-order valence-corrected chi connectivity index (χ0v) is 11.9. The maximum atomic E-state index is 12.5. The second-order valence-electron chi connectivity index (χ2n) is 5.23. The molecule has 1 aliphatic heterocycles.